The molecule has 0 bridgehead atoms. The quantitative estimate of drug-likeness (QED) is 0.888. The van der Waals surface area contributed by atoms with Crippen LogP contribution in [0.3, 0.4) is 0 Å². The third-order valence-electron chi connectivity index (χ3n) is 3.54. The lowest BCUT2D eigenvalue weighted by Gasteiger charge is -2.35. The van der Waals surface area contributed by atoms with Gasteiger partial charge in [0.15, 0.2) is 0 Å². The van der Waals surface area contributed by atoms with Crippen LogP contribution in [0.5, 0.6) is 0 Å². The van der Waals surface area contributed by atoms with E-state index in [-0.39, 0.29) is 11.7 Å². The van der Waals surface area contributed by atoms with E-state index in [4.69, 9.17) is 4.74 Å². The number of β-amino-alcohol motifs (C(OH)–C–C–N with tert-alkyl or cyclic N) is 1. The van der Waals surface area contributed by atoms with Crippen molar-refractivity contribution in [1.29, 1.82) is 0 Å². The molecule has 1 aliphatic heterocycles. The number of likely N-dealkylation sites (N-methyl/N-ethyl adjacent to an activating group) is 1. The van der Waals surface area contributed by atoms with Crippen LogP contribution in [-0.4, -0.2) is 67.9 Å². The second-order valence-corrected chi connectivity index (χ2v) is 5.70. The normalized spacial score (nSPS) is 21.7. The molecular formula is C15H22F2N2O2. The van der Waals surface area contributed by atoms with Crippen LogP contribution in [0.2, 0.25) is 0 Å². The van der Waals surface area contributed by atoms with Gasteiger partial charge < -0.3 is 14.7 Å². The summed E-state index contributed by atoms with van der Waals surface area (Å²) in [7, 11) is 3.95. The van der Waals surface area contributed by atoms with Crippen LogP contribution < -0.4 is 0 Å². The molecule has 0 spiro atoms. The fraction of sp³-hybridized carbons (Fsp3) is 0.600. The van der Waals surface area contributed by atoms with Crippen molar-refractivity contribution < 1.29 is 18.6 Å². The molecule has 0 unspecified atom stereocenters. The van der Waals surface area contributed by atoms with Crippen LogP contribution in [0, 0.1) is 11.6 Å². The van der Waals surface area contributed by atoms with Crippen LogP contribution in [0.15, 0.2) is 18.2 Å². The molecule has 118 valence electrons. The zero-order chi connectivity index (χ0) is 15.4. The van der Waals surface area contributed by atoms with E-state index in [1.807, 2.05) is 23.9 Å². The van der Waals surface area contributed by atoms with Crippen molar-refractivity contribution in [2.45, 2.75) is 12.2 Å². The summed E-state index contributed by atoms with van der Waals surface area (Å²) in [6.45, 7) is 3.10. The van der Waals surface area contributed by atoms with Crippen LogP contribution in [0.4, 0.5) is 8.78 Å². The minimum Gasteiger partial charge on any atom is -0.387 e. The zero-order valence-corrected chi connectivity index (χ0v) is 12.4. The molecule has 0 radical (unpaired) electrons. The molecule has 6 heteroatoms. The first-order chi connectivity index (χ1) is 9.95. The van der Waals surface area contributed by atoms with Gasteiger partial charge in [0, 0.05) is 37.8 Å². The topological polar surface area (TPSA) is 35.9 Å². The van der Waals surface area contributed by atoms with E-state index >= 15 is 0 Å². The second-order valence-electron chi connectivity index (χ2n) is 5.70. The largest absolute Gasteiger partial charge is 0.387 e. The van der Waals surface area contributed by atoms with Gasteiger partial charge >= 0.3 is 0 Å². The van der Waals surface area contributed by atoms with E-state index in [1.165, 1.54) is 6.07 Å². The average Bonchev–Trinajstić information content (AvgIpc) is 2.37. The van der Waals surface area contributed by atoms with Gasteiger partial charge in [-0.3, -0.25) is 4.90 Å². The summed E-state index contributed by atoms with van der Waals surface area (Å²) >= 11 is 0. The number of benzene rings is 1. The SMILES string of the molecule is CN(C)C[C@H]1CN(C[C@H](O)c2ccc(F)cc2F)CCO1. The van der Waals surface area contributed by atoms with Crippen LogP contribution in [-0.2, 0) is 4.74 Å². The molecule has 1 aromatic carbocycles. The lowest BCUT2D eigenvalue weighted by Crippen LogP contribution is -2.47. The number of aliphatic hydroxyl groups excluding tert-OH is 1. The van der Waals surface area contributed by atoms with Crippen molar-refractivity contribution in [1.82, 2.24) is 9.80 Å². The number of hydrogen-bond acceptors (Lipinski definition) is 4. The van der Waals surface area contributed by atoms with Crippen molar-refractivity contribution in [3.8, 4) is 0 Å². The van der Waals surface area contributed by atoms with Crippen molar-refractivity contribution in [3.63, 3.8) is 0 Å². The molecule has 0 aromatic heterocycles. The molecule has 4 nitrogen and oxygen atoms in total. The van der Waals surface area contributed by atoms with Gasteiger partial charge in [-0.25, -0.2) is 8.78 Å². The van der Waals surface area contributed by atoms with E-state index < -0.39 is 17.7 Å². The molecule has 1 aliphatic rings. The van der Waals surface area contributed by atoms with Crippen molar-refractivity contribution >= 4 is 0 Å². The van der Waals surface area contributed by atoms with Gasteiger partial charge in [0.1, 0.15) is 11.6 Å². The number of ether oxygens (including phenoxy) is 1. The molecule has 21 heavy (non-hydrogen) atoms. The minimum absolute atomic E-state index is 0.0824. The zero-order valence-electron chi connectivity index (χ0n) is 12.4. The van der Waals surface area contributed by atoms with Gasteiger partial charge in [0.05, 0.1) is 18.8 Å². The molecule has 0 saturated carbocycles. The number of nitrogens with zero attached hydrogens (tertiary/aromatic N) is 2. The van der Waals surface area contributed by atoms with E-state index in [0.717, 1.165) is 18.7 Å². The van der Waals surface area contributed by atoms with Gasteiger partial charge in [-0.2, -0.15) is 0 Å². The molecule has 0 amide bonds. The smallest absolute Gasteiger partial charge is 0.131 e. The Morgan fingerprint density at radius 3 is 2.86 bits per heavy atom. The summed E-state index contributed by atoms with van der Waals surface area (Å²) in [6, 6.07) is 3.26. The van der Waals surface area contributed by atoms with E-state index in [0.29, 0.717) is 26.2 Å². The molecule has 1 N–H and O–H groups in total. The predicted molar refractivity (Wildman–Crippen MR) is 76.1 cm³/mol. The Bertz CT molecular complexity index is 471. The summed E-state index contributed by atoms with van der Waals surface area (Å²) < 4.78 is 32.2. The highest BCUT2D eigenvalue weighted by Crippen LogP contribution is 2.20. The van der Waals surface area contributed by atoms with Crippen molar-refractivity contribution in [2.24, 2.45) is 0 Å². The molecular weight excluding hydrogens is 278 g/mol. The van der Waals surface area contributed by atoms with Gasteiger partial charge in [0.25, 0.3) is 0 Å². The summed E-state index contributed by atoms with van der Waals surface area (Å²) in [5.74, 6) is -1.35. The van der Waals surface area contributed by atoms with Crippen LogP contribution in [0.1, 0.15) is 11.7 Å². The van der Waals surface area contributed by atoms with Crippen molar-refractivity contribution in [2.75, 3.05) is 46.9 Å². The predicted octanol–water partition coefficient (Wildman–Crippen LogP) is 1.26. The van der Waals surface area contributed by atoms with Crippen LogP contribution in [0.25, 0.3) is 0 Å². The number of halogens is 2. The Balaban J connectivity index is 1.94. The first-order valence-electron chi connectivity index (χ1n) is 7.07. The third kappa shape index (κ3) is 4.71. The second kappa shape index (κ2) is 7.26. The maximum absolute atomic E-state index is 13.7. The van der Waals surface area contributed by atoms with Gasteiger partial charge in [-0.15, -0.1) is 0 Å². The highest BCUT2D eigenvalue weighted by Gasteiger charge is 2.24. The number of morpholine rings is 1. The van der Waals surface area contributed by atoms with Crippen molar-refractivity contribution in [3.05, 3.63) is 35.4 Å². The monoisotopic (exact) mass is 300 g/mol. The first kappa shape index (κ1) is 16.3. The number of hydrogen-bond donors (Lipinski definition) is 1. The number of aliphatic hydroxyl groups is 1. The Morgan fingerprint density at radius 1 is 1.43 bits per heavy atom. The molecule has 2 atom stereocenters. The highest BCUT2D eigenvalue weighted by molar-refractivity contribution is 5.21. The average molecular weight is 300 g/mol. The summed E-state index contributed by atoms with van der Waals surface area (Å²) in [4.78, 5) is 4.09. The Labute approximate surface area is 123 Å². The lowest BCUT2D eigenvalue weighted by molar-refractivity contribution is -0.0491. The van der Waals surface area contributed by atoms with E-state index in [1.54, 1.807) is 0 Å². The lowest BCUT2D eigenvalue weighted by atomic mass is 10.1. The fourth-order valence-corrected chi connectivity index (χ4v) is 2.58. The summed E-state index contributed by atoms with van der Waals surface area (Å²) in [6.07, 6.45) is -0.886. The minimum atomic E-state index is -0.969. The van der Waals surface area contributed by atoms with E-state index in [9.17, 15) is 13.9 Å². The number of rotatable bonds is 5. The summed E-state index contributed by atoms with van der Waals surface area (Å²) in [5.41, 5.74) is 0.132. The summed E-state index contributed by atoms with van der Waals surface area (Å²) in [5, 5.41) is 10.2. The first-order valence-corrected chi connectivity index (χ1v) is 7.07. The van der Waals surface area contributed by atoms with Gasteiger partial charge in [-0.05, 0) is 20.2 Å². The molecule has 1 aromatic rings. The highest BCUT2D eigenvalue weighted by atomic mass is 19.1. The molecule has 1 heterocycles. The standard InChI is InChI=1S/C15H22F2N2O2/c1-18(2)8-12-9-19(5-6-21-12)10-15(20)13-4-3-11(16)7-14(13)17/h3-4,7,12,15,20H,5-6,8-10H2,1-2H3/t12-,15-/m0/s1. The molecule has 2 rings (SSSR count). The molecule has 1 fully saturated rings. The fourth-order valence-electron chi connectivity index (χ4n) is 2.58. The maximum Gasteiger partial charge on any atom is 0.131 e. The third-order valence-corrected chi connectivity index (χ3v) is 3.54. The Hall–Kier alpha value is -1.08. The Morgan fingerprint density at radius 2 is 2.19 bits per heavy atom. The molecule has 1 saturated heterocycles. The van der Waals surface area contributed by atoms with Gasteiger partial charge in [-0.1, -0.05) is 6.07 Å². The molecule has 0 aliphatic carbocycles. The van der Waals surface area contributed by atoms with Gasteiger partial charge in [0.2, 0.25) is 0 Å². The Kier molecular flexibility index (Phi) is 5.64. The van der Waals surface area contributed by atoms with Crippen LogP contribution >= 0.6 is 0 Å². The maximum atomic E-state index is 13.7. The van der Waals surface area contributed by atoms with E-state index in [2.05, 4.69) is 0 Å².